The van der Waals surface area contributed by atoms with Crippen molar-refractivity contribution in [3.63, 3.8) is 0 Å². The topological polar surface area (TPSA) is 92.2 Å². The number of benzene rings is 2. The largest absolute Gasteiger partial charge is 0.444 e. The normalized spacial score (nSPS) is 17.5. The Kier molecular flexibility index (Phi) is 9.15. The van der Waals surface area contributed by atoms with Gasteiger partial charge in [-0.2, -0.15) is 0 Å². The van der Waals surface area contributed by atoms with Gasteiger partial charge in [0.2, 0.25) is 5.78 Å². The Hall–Kier alpha value is -4.05. The number of fused-ring (bicyclic) bond motifs is 1. The number of likely N-dealkylation sites (N-methyl/N-ethyl adjacent to an activating group) is 1. The Morgan fingerprint density at radius 1 is 1.00 bits per heavy atom. The van der Waals surface area contributed by atoms with Gasteiger partial charge in [0.25, 0.3) is 11.8 Å². The molecule has 0 N–H and O–H groups in total. The number of rotatable bonds is 8. The van der Waals surface area contributed by atoms with E-state index in [2.05, 4.69) is 11.8 Å². The molecular formula is C32H39FN4O5. The molecular weight excluding hydrogens is 539 g/mol. The second kappa shape index (κ2) is 12.4. The minimum Gasteiger partial charge on any atom is -0.444 e. The maximum Gasteiger partial charge on any atom is 0.310 e. The molecule has 10 heteroatoms. The molecule has 3 aromatic rings. The molecule has 4 rings (SSSR count). The van der Waals surface area contributed by atoms with Crippen molar-refractivity contribution in [2.75, 3.05) is 27.2 Å². The first-order chi connectivity index (χ1) is 19.8. The summed E-state index contributed by atoms with van der Waals surface area (Å²) in [6, 6.07) is 11.2. The molecule has 0 spiro atoms. The number of Topliss-reactive ketones (excluding diaryl/α,β-unsaturated/α-hetero) is 1. The zero-order chi connectivity index (χ0) is 30.9. The fraction of sp³-hybridized carbons (Fsp3) is 0.438. The van der Waals surface area contributed by atoms with Gasteiger partial charge in [-0.25, -0.2) is 4.39 Å². The Labute approximate surface area is 245 Å². The fourth-order valence-electron chi connectivity index (χ4n) is 5.35. The van der Waals surface area contributed by atoms with Crippen LogP contribution in [0.2, 0.25) is 0 Å². The van der Waals surface area contributed by atoms with Crippen molar-refractivity contribution in [1.29, 1.82) is 0 Å². The summed E-state index contributed by atoms with van der Waals surface area (Å²) < 4.78 is 20.7. The molecule has 0 aliphatic carbocycles. The van der Waals surface area contributed by atoms with Crippen LogP contribution >= 0.6 is 0 Å². The van der Waals surface area contributed by atoms with Crippen molar-refractivity contribution in [2.24, 2.45) is 5.92 Å². The Bertz CT molecular complexity index is 1510. The highest BCUT2D eigenvalue weighted by Crippen LogP contribution is 2.31. The van der Waals surface area contributed by atoms with Crippen molar-refractivity contribution in [3.8, 4) is 0 Å². The SMILES string of the molecule is Cc1c(C(=O)N2CC(C)N(Cc3ccc(F)cc3)CC2C)c2cc(C(=O)C(=O)N(C)C)ccc2n1COC(=O)C(C)C. The van der Waals surface area contributed by atoms with E-state index >= 15 is 0 Å². The molecule has 0 bridgehead atoms. The molecule has 1 aromatic heterocycles. The average Bonchev–Trinajstić information content (AvgIpc) is 3.23. The molecule has 1 fully saturated rings. The third kappa shape index (κ3) is 6.23. The number of carbonyl (C=O) groups is 4. The van der Waals surface area contributed by atoms with Gasteiger partial charge in [0.1, 0.15) is 5.82 Å². The number of carbonyl (C=O) groups excluding carboxylic acids is 4. The van der Waals surface area contributed by atoms with E-state index in [-0.39, 0.29) is 48.0 Å². The van der Waals surface area contributed by atoms with Crippen LogP contribution in [0.4, 0.5) is 4.39 Å². The summed E-state index contributed by atoms with van der Waals surface area (Å²) in [6.07, 6.45) is 0. The summed E-state index contributed by atoms with van der Waals surface area (Å²) in [5, 5.41) is 0.518. The highest BCUT2D eigenvalue weighted by molar-refractivity contribution is 6.43. The Balaban J connectivity index is 1.69. The first kappa shape index (κ1) is 30.9. The molecule has 1 saturated heterocycles. The van der Waals surface area contributed by atoms with Gasteiger partial charge in [0.15, 0.2) is 6.73 Å². The lowest BCUT2D eigenvalue weighted by molar-refractivity contribution is -0.151. The Morgan fingerprint density at radius 2 is 1.67 bits per heavy atom. The quantitative estimate of drug-likeness (QED) is 0.226. The maximum atomic E-state index is 14.3. The van der Waals surface area contributed by atoms with Crippen LogP contribution in [0.5, 0.6) is 0 Å². The van der Waals surface area contributed by atoms with Crippen LogP contribution in [0.25, 0.3) is 10.9 Å². The minimum atomic E-state index is -0.673. The van der Waals surface area contributed by atoms with Crippen LogP contribution in [0.3, 0.4) is 0 Å². The minimum absolute atomic E-state index is 0.0331. The summed E-state index contributed by atoms with van der Waals surface area (Å²) >= 11 is 0. The molecule has 0 radical (unpaired) electrons. The van der Waals surface area contributed by atoms with Crippen LogP contribution in [-0.4, -0.2) is 82.1 Å². The number of nitrogens with zero attached hydrogens (tertiary/aromatic N) is 4. The number of ketones is 1. The number of amides is 2. The standard InChI is InChI=1S/C32H39FN4O5/c1-19(2)32(41)42-18-37-22(5)28(26-14-24(10-13-27(26)37)29(38)31(40)34(6)7)30(39)36-16-20(3)35(15-21(36)4)17-23-8-11-25(33)12-9-23/h8-14,19-21H,15-18H2,1-7H3. The molecule has 0 saturated carbocycles. The van der Waals surface area contributed by atoms with E-state index in [4.69, 9.17) is 4.74 Å². The monoisotopic (exact) mass is 578 g/mol. The second-order valence-electron chi connectivity index (χ2n) is 11.6. The molecule has 2 unspecified atom stereocenters. The predicted octanol–water partition coefficient (Wildman–Crippen LogP) is 4.25. The van der Waals surface area contributed by atoms with Crippen LogP contribution in [-0.2, 0) is 27.6 Å². The summed E-state index contributed by atoms with van der Waals surface area (Å²) in [7, 11) is 3.02. The van der Waals surface area contributed by atoms with Crippen LogP contribution in [0.1, 0.15) is 59.7 Å². The first-order valence-electron chi connectivity index (χ1n) is 14.1. The lowest BCUT2D eigenvalue weighted by Crippen LogP contribution is -2.57. The fourth-order valence-corrected chi connectivity index (χ4v) is 5.35. The molecule has 42 heavy (non-hydrogen) atoms. The summed E-state index contributed by atoms with van der Waals surface area (Å²) in [4.78, 5) is 57.2. The van der Waals surface area contributed by atoms with E-state index in [9.17, 15) is 23.6 Å². The van der Waals surface area contributed by atoms with Gasteiger partial charge >= 0.3 is 5.97 Å². The van der Waals surface area contributed by atoms with E-state index in [1.807, 2.05) is 11.8 Å². The van der Waals surface area contributed by atoms with Crippen molar-refractivity contribution >= 4 is 34.5 Å². The van der Waals surface area contributed by atoms with Gasteiger partial charge in [-0.05, 0) is 56.7 Å². The van der Waals surface area contributed by atoms with E-state index in [1.54, 1.807) is 55.7 Å². The van der Waals surface area contributed by atoms with Crippen LogP contribution in [0.15, 0.2) is 42.5 Å². The zero-order valence-corrected chi connectivity index (χ0v) is 25.3. The van der Waals surface area contributed by atoms with E-state index in [0.717, 1.165) is 5.56 Å². The predicted molar refractivity (Wildman–Crippen MR) is 157 cm³/mol. The third-order valence-corrected chi connectivity index (χ3v) is 7.88. The van der Waals surface area contributed by atoms with Crippen molar-refractivity contribution in [1.82, 2.24) is 19.3 Å². The second-order valence-corrected chi connectivity index (χ2v) is 11.6. The summed E-state index contributed by atoms with van der Waals surface area (Å²) in [5.41, 5.74) is 2.80. The molecule has 2 atom stereocenters. The number of esters is 1. The molecule has 1 aliphatic rings. The Morgan fingerprint density at radius 3 is 2.29 bits per heavy atom. The average molecular weight is 579 g/mol. The van der Waals surface area contributed by atoms with E-state index < -0.39 is 11.7 Å². The van der Waals surface area contributed by atoms with E-state index in [0.29, 0.717) is 41.8 Å². The molecule has 2 heterocycles. The molecule has 9 nitrogen and oxygen atoms in total. The molecule has 224 valence electrons. The number of ether oxygens (including phenoxy) is 1. The van der Waals surface area contributed by atoms with Crippen LogP contribution < -0.4 is 0 Å². The number of halogens is 1. The highest BCUT2D eigenvalue weighted by Gasteiger charge is 2.35. The molecule has 1 aliphatic heterocycles. The van der Waals surface area contributed by atoms with Gasteiger partial charge in [0.05, 0.1) is 17.0 Å². The van der Waals surface area contributed by atoms with E-state index in [1.165, 1.54) is 31.1 Å². The number of hydrogen-bond acceptors (Lipinski definition) is 6. The number of hydrogen-bond donors (Lipinski definition) is 0. The summed E-state index contributed by atoms with van der Waals surface area (Å²) in [6.45, 7) is 11.0. The van der Waals surface area contributed by atoms with Gasteiger partial charge in [0, 0.05) is 62.5 Å². The van der Waals surface area contributed by atoms with Crippen molar-refractivity contribution < 1.29 is 28.3 Å². The number of aromatic nitrogens is 1. The van der Waals surface area contributed by atoms with Gasteiger partial charge < -0.3 is 19.1 Å². The lowest BCUT2D eigenvalue weighted by Gasteiger charge is -2.44. The smallest absolute Gasteiger partial charge is 0.310 e. The first-order valence-corrected chi connectivity index (χ1v) is 14.1. The molecule has 2 amide bonds. The highest BCUT2D eigenvalue weighted by atomic mass is 19.1. The zero-order valence-electron chi connectivity index (χ0n) is 25.3. The lowest BCUT2D eigenvalue weighted by atomic mass is 10.0. The van der Waals surface area contributed by atoms with Crippen molar-refractivity contribution in [3.05, 3.63) is 70.7 Å². The maximum absolute atomic E-state index is 14.3. The number of piperazine rings is 1. The van der Waals surface area contributed by atoms with Crippen LogP contribution in [0, 0.1) is 18.7 Å². The van der Waals surface area contributed by atoms with Crippen molar-refractivity contribution in [2.45, 2.75) is 60.0 Å². The van der Waals surface area contributed by atoms with Gasteiger partial charge in [-0.3, -0.25) is 24.1 Å². The summed E-state index contributed by atoms with van der Waals surface area (Å²) in [5.74, 6) is -2.50. The molecule has 2 aromatic carbocycles. The van der Waals surface area contributed by atoms with Gasteiger partial charge in [-0.1, -0.05) is 26.0 Å². The third-order valence-electron chi connectivity index (χ3n) is 7.88. The van der Waals surface area contributed by atoms with Gasteiger partial charge in [-0.15, -0.1) is 0 Å².